The molecule has 0 radical (unpaired) electrons. The standard InChI is InChI=1S/C27H24N6O2/c1-18-31-24-12-10-21(16-25(24)32-18)26(33(27(34)35)15-3-13-28)22-4-2-14-30-23(22)11-9-19-5-7-20(17-29)8-6-19/h2,4-8,10,12,14,16,26H,3,9,11,15H2,1H3,(H,31,32)(H,34,35). The van der Waals surface area contributed by atoms with Crippen LogP contribution in [0, 0.1) is 29.6 Å². The second-order valence-electron chi connectivity index (χ2n) is 8.23. The van der Waals surface area contributed by atoms with Crippen molar-refractivity contribution in [2.45, 2.75) is 32.2 Å². The molecular weight excluding hydrogens is 440 g/mol. The van der Waals surface area contributed by atoms with Crippen molar-refractivity contribution < 1.29 is 9.90 Å². The molecule has 0 saturated heterocycles. The zero-order valence-corrected chi connectivity index (χ0v) is 19.3. The maximum Gasteiger partial charge on any atom is 0.408 e. The number of nitriles is 2. The third-order valence-electron chi connectivity index (χ3n) is 5.92. The summed E-state index contributed by atoms with van der Waals surface area (Å²) in [5, 5.41) is 28.3. The van der Waals surface area contributed by atoms with Crippen molar-refractivity contribution in [2.75, 3.05) is 6.54 Å². The molecule has 174 valence electrons. The maximum atomic E-state index is 12.4. The van der Waals surface area contributed by atoms with E-state index in [0.29, 0.717) is 18.4 Å². The highest BCUT2D eigenvalue weighted by Crippen LogP contribution is 2.33. The fourth-order valence-electron chi connectivity index (χ4n) is 4.27. The topological polar surface area (TPSA) is 130 Å². The van der Waals surface area contributed by atoms with Gasteiger partial charge in [0.05, 0.1) is 41.2 Å². The van der Waals surface area contributed by atoms with Gasteiger partial charge in [0.1, 0.15) is 5.82 Å². The van der Waals surface area contributed by atoms with E-state index < -0.39 is 12.1 Å². The first kappa shape index (κ1) is 23.5. The Morgan fingerprint density at radius 3 is 2.66 bits per heavy atom. The van der Waals surface area contributed by atoms with E-state index in [1.54, 1.807) is 24.4 Å². The van der Waals surface area contributed by atoms with Gasteiger partial charge in [-0.1, -0.05) is 24.3 Å². The lowest BCUT2D eigenvalue weighted by molar-refractivity contribution is 0.133. The smallest absolute Gasteiger partial charge is 0.408 e. The summed E-state index contributed by atoms with van der Waals surface area (Å²) in [4.78, 5) is 26.0. The van der Waals surface area contributed by atoms with Gasteiger partial charge in [0.2, 0.25) is 0 Å². The second kappa shape index (κ2) is 10.5. The summed E-state index contributed by atoms with van der Waals surface area (Å²) < 4.78 is 0. The summed E-state index contributed by atoms with van der Waals surface area (Å²) in [6.45, 7) is 1.94. The van der Waals surface area contributed by atoms with Crippen LogP contribution in [0.3, 0.4) is 0 Å². The van der Waals surface area contributed by atoms with E-state index in [4.69, 9.17) is 10.5 Å². The zero-order valence-electron chi connectivity index (χ0n) is 19.3. The van der Waals surface area contributed by atoms with Gasteiger partial charge in [-0.15, -0.1) is 0 Å². The number of hydrogen-bond acceptors (Lipinski definition) is 5. The zero-order chi connectivity index (χ0) is 24.8. The van der Waals surface area contributed by atoms with Gasteiger partial charge < -0.3 is 10.1 Å². The number of rotatable bonds is 8. The van der Waals surface area contributed by atoms with Gasteiger partial charge in [0.15, 0.2) is 0 Å². The first-order chi connectivity index (χ1) is 17.0. The Kier molecular flexibility index (Phi) is 7.04. The number of nitrogens with one attached hydrogen (secondary N) is 1. The van der Waals surface area contributed by atoms with E-state index in [0.717, 1.165) is 39.2 Å². The number of benzene rings is 2. The van der Waals surface area contributed by atoms with Crippen LogP contribution in [0.15, 0.2) is 60.8 Å². The number of imidazole rings is 1. The van der Waals surface area contributed by atoms with Crippen molar-refractivity contribution in [2.24, 2.45) is 0 Å². The summed E-state index contributed by atoms with van der Waals surface area (Å²) in [6, 6.07) is 20.3. The number of nitrogens with zero attached hydrogens (tertiary/aromatic N) is 5. The monoisotopic (exact) mass is 464 g/mol. The first-order valence-electron chi connectivity index (χ1n) is 11.3. The van der Waals surface area contributed by atoms with E-state index >= 15 is 0 Å². The minimum absolute atomic E-state index is 0.0675. The van der Waals surface area contributed by atoms with Crippen molar-refractivity contribution in [3.63, 3.8) is 0 Å². The molecule has 8 heteroatoms. The average molecular weight is 465 g/mol. The summed E-state index contributed by atoms with van der Waals surface area (Å²) in [6.07, 6.45) is 1.95. The van der Waals surface area contributed by atoms with Gasteiger partial charge in [0.25, 0.3) is 0 Å². The Hall–Kier alpha value is -4.69. The minimum atomic E-state index is -1.11. The molecule has 1 amide bonds. The highest BCUT2D eigenvalue weighted by molar-refractivity contribution is 5.76. The molecule has 4 rings (SSSR count). The summed E-state index contributed by atoms with van der Waals surface area (Å²) in [7, 11) is 0. The van der Waals surface area contributed by atoms with Crippen LogP contribution in [0.4, 0.5) is 4.79 Å². The number of fused-ring (bicyclic) bond motifs is 1. The Labute approximate surface area is 203 Å². The molecule has 1 unspecified atom stereocenters. The number of aromatic amines is 1. The van der Waals surface area contributed by atoms with Crippen molar-refractivity contribution in [1.29, 1.82) is 10.5 Å². The van der Waals surface area contributed by atoms with Crippen molar-refractivity contribution in [3.05, 3.63) is 94.6 Å². The lowest BCUT2D eigenvalue weighted by atomic mass is 9.93. The van der Waals surface area contributed by atoms with Gasteiger partial charge in [-0.2, -0.15) is 10.5 Å². The Balaban J connectivity index is 1.75. The van der Waals surface area contributed by atoms with E-state index in [-0.39, 0.29) is 13.0 Å². The normalized spacial score (nSPS) is 11.5. The molecule has 0 fully saturated rings. The highest BCUT2D eigenvalue weighted by atomic mass is 16.4. The lowest BCUT2D eigenvalue weighted by Crippen LogP contribution is -2.36. The van der Waals surface area contributed by atoms with Crippen molar-refractivity contribution >= 4 is 17.1 Å². The lowest BCUT2D eigenvalue weighted by Gasteiger charge is -2.31. The van der Waals surface area contributed by atoms with Crippen LogP contribution >= 0.6 is 0 Å². The van der Waals surface area contributed by atoms with E-state index in [1.807, 2.05) is 43.3 Å². The van der Waals surface area contributed by atoms with Crippen LogP contribution in [0.1, 0.15) is 46.2 Å². The van der Waals surface area contributed by atoms with Gasteiger partial charge in [-0.3, -0.25) is 9.88 Å². The third-order valence-corrected chi connectivity index (χ3v) is 5.92. The second-order valence-corrected chi connectivity index (χ2v) is 8.23. The van der Waals surface area contributed by atoms with Crippen LogP contribution in [0.2, 0.25) is 0 Å². The molecule has 2 heterocycles. The molecule has 0 bridgehead atoms. The molecule has 2 N–H and O–H groups in total. The Morgan fingerprint density at radius 1 is 1.14 bits per heavy atom. The predicted octanol–water partition coefficient (Wildman–Crippen LogP) is 4.91. The van der Waals surface area contributed by atoms with Crippen LogP contribution in [-0.4, -0.2) is 37.6 Å². The molecular formula is C27H24N6O2. The van der Waals surface area contributed by atoms with Crippen molar-refractivity contribution in [3.8, 4) is 12.1 Å². The summed E-state index contributed by atoms with van der Waals surface area (Å²) in [5.74, 6) is 0.776. The van der Waals surface area contributed by atoms with E-state index in [2.05, 4.69) is 27.1 Å². The maximum absolute atomic E-state index is 12.4. The number of carboxylic acid groups (broad SMARTS) is 1. The molecule has 2 aromatic heterocycles. The molecule has 0 aliphatic carbocycles. The fraction of sp³-hybridized carbons (Fsp3) is 0.222. The fourth-order valence-corrected chi connectivity index (χ4v) is 4.27. The van der Waals surface area contributed by atoms with E-state index in [9.17, 15) is 9.90 Å². The SMILES string of the molecule is Cc1nc2cc(C(c3cccnc3CCc3ccc(C#N)cc3)N(CCC#N)C(=O)O)ccc2[nH]1. The Bertz CT molecular complexity index is 1430. The summed E-state index contributed by atoms with van der Waals surface area (Å²) >= 11 is 0. The molecule has 0 saturated carbocycles. The third kappa shape index (κ3) is 5.29. The summed E-state index contributed by atoms with van der Waals surface area (Å²) in [5.41, 5.74) is 5.60. The molecule has 4 aromatic rings. The molecule has 0 spiro atoms. The molecule has 0 aliphatic rings. The molecule has 0 aliphatic heterocycles. The first-order valence-corrected chi connectivity index (χ1v) is 11.3. The van der Waals surface area contributed by atoms with Crippen molar-refractivity contribution in [1.82, 2.24) is 19.9 Å². The number of pyridine rings is 1. The van der Waals surface area contributed by atoms with Gasteiger partial charge in [-0.25, -0.2) is 9.78 Å². The number of aromatic nitrogens is 3. The number of carbonyl (C=O) groups is 1. The van der Waals surface area contributed by atoms with Crippen LogP contribution in [-0.2, 0) is 12.8 Å². The quantitative estimate of drug-likeness (QED) is 0.381. The molecule has 8 nitrogen and oxygen atoms in total. The largest absolute Gasteiger partial charge is 0.465 e. The van der Waals surface area contributed by atoms with Gasteiger partial charge in [-0.05, 0) is 61.2 Å². The van der Waals surface area contributed by atoms with Gasteiger partial charge >= 0.3 is 6.09 Å². The number of H-pyrrole nitrogens is 1. The molecule has 1 atom stereocenters. The van der Waals surface area contributed by atoms with Crippen LogP contribution < -0.4 is 0 Å². The number of amides is 1. The molecule has 2 aromatic carbocycles. The highest BCUT2D eigenvalue weighted by Gasteiger charge is 2.29. The number of hydrogen-bond donors (Lipinski definition) is 2. The van der Waals surface area contributed by atoms with Crippen LogP contribution in [0.5, 0.6) is 0 Å². The van der Waals surface area contributed by atoms with E-state index in [1.165, 1.54) is 4.90 Å². The molecule has 35 heavy (non-hydrogen) atoms. The van der Waals surface area contributed by atoms with Crippen LogP contribution in [0.25, 0.3) is 11.0 Å². The predicted molar refractivity (Wildman–Crippen MR) is 130 cm³/mol. The Morgan fingerprint density at radius 2 is 1.94 bits per heavy atom. The van der Waals surface area contributed by atoms with Gasteiger partial charge in [0, 0.05) is 24.0 Å². The minimum Gasteiger partial charge on any atom is -0.465 e. The average Bonchev–Trinajstić information content (AvgIpc) is 3.25. The number of aryl methyl sites for hydroxylation is 3.